The van der Waals surface area contributed by atoms with E-state index in [-0.39, 0.29) is 0 Å². The summed E-state index contributed by atoms with van der Waals surface area (Å²) in [5.41, 5.74) is 6.49. The van der Waals surface area contributed by atoms with Gasteiger partial charge in [-0.1, -0.05) is 66.7 Å². The minimum absolute atomic E-state index is 0.597. The van der Waals surface area contributed by atoms with E-state index in [0.29, 0.717) is 5.95 Å². The number of furan rings is 1. The molecule has 0 amide bonds. The van der Waals surface area contributed by atoms with Crippen molar-refractivity contribution in [2.45, 2.75) is 0 Å². The second-order valence-corrected chi connectivity index (χ2v) is 8.91. The van der Waals surface area contributed by atoms with Gasteiger partial charge in [-0.05, 0) is 30.3 Å². The van der Waals surface area contributed by atoms with Gasteiger partial charge in [0, 0.05) is 44.9 Å². The molecule has 0 radical (unpaired) electrons. The number of pyridine rings is 1. The van der Waals surface area contributed by atoms with Crippen molar-refractivity contribution in [2.75, 3.05) is 0 Å². The van der Waals surface area contributed by atoms with Gasteiger partial charge in [0.25, 0.3) is 0 Å². The maximum absolute atomic E-state index is 6.49. The fraction of sp³-hybridized carbons (Fsp3) is 0. The number of fused-ring (bicyclic) bond motifs is 9. The van der Waals surface area contributed by atoms with Gasteiger partial charge < -0.3 is 4.42 Å². The molecule has 0 aliphatic heterocycles. The minimum atomic E-state index is 0.597. The molecule has 0 fully saturated rings. The molecule has 0 spiro atoms. The van der Waals surface area contributed by atoms with E-state index in [0.717, 1.165) is 65.9 Å². The number of hydrogen-bond acceptors (Lipinski definition) is 4. The zero-order valence-corrected chi connectivity index (χ0v) is 19.1. The summed E-state index contributed by atoms with van der Waals surface area (Å²) in [6.07, 6.45) is 3.66. The first-order valence-corrected chi connectivity index (χ1v) is 11.9. The average Bonchev–Trinajstić information content (AvgIpc) is 3.50. The first-order valence-electron chi connectivity index (χ1n) is 11.9. The van der Waals surface area contributed by atoms with Crippen molar-refractivity contribution in [3.05, 3.63) is 109 Å². The van der Waals surface area contributed by atoms with Crippen LogP contribution in [0.25, 0.3) is 71.9 Å². The molecule has 168 valence electrons. The standard InChI is InChI=1S/C31H18N4O/c1-2-7-19(8-3-1)24-16-18-33-31(34-24)35-25-15-12-20-9-6-17-32-28(20)27(25)23-14-13-22-21-10-4-5-11-26(21)36-30(22)29(23)35/h1-18H. The van der Waals surface area contributed by atoms with Gasteiger partial charge in [0.1, 0.15) is 11.1 Å². The van der Waals surface area contributed by atoms with E-state index in [1.165, 1.54) is 0 Å². The Bertz CT molecular complexity index is 2100. The van der Waals surface area contributed by atoms with E-state index in [1.807, 2.05) is 60.9 Å². The Labute approximate surface area is 205 Å². The lowest BCUT2D eigenvalue weighted by Gasteiger charge is -2.08. The third kappa shape index (κ3) is 2.62. The molecule has 4 aromatic carbocycles. The summed E-state index contributed by atoms with van der Waals surface area (Å²) in [5, 5.41) is 5.38. The zero-order chi connectivity index (χ0) is 23.6. The predicted octanol–water partition coefficient (Wildman–Crippen LogP) is 7.69. The molecule has 5 nitrogen and oxygen atoms in total. The molecule has 36 heavy (non-hydrogen) atoms. The molecule has 4 heterocycles. The van der Waals surface area contributed by atoms with Crippen LogP contribution >= 0.6 is 0 Å². The fourth-order valence-corrected chi connectivity index (χ4v) is 5.34. The Morgan fingerprint density at radius 1 is 0.639 bits per heavy atom. The summed E-state index contributed by atoms with van der Waals surface area (Å²) >= 11 is 0. The molecular weight excluding hydrogens is 444 g/mol. The van der Waals surface area contributed by atoms with Gasteiger partial charge in [0.05, 0.1) is 16.7 Å². The highest BCUT2D eigenvalue weighted by Gasteiger charge is 2.22. The molecule has 0 unspecified atom stereocenters. The van der Waals surface area contributed by atoms with Crippen LogP contribution in [0.4, 0.5) is 0 Å². The number of nitrogens with zero attached hydrogens (tertiary/aromatic N) is 4. The molecule has 0 atom stereocenters. The van der Waals surface area contributed by atoms with Crippen LogP contribution in [-0.4, -0.2) is 19.5 Å². The topological polar surface area (TPSA) is 56.7 Å². The van der Waals surface area contributed by atoms with Crippen molar-refractivity contribution in [2.24, 2.45) is 0 Å². The highest BCUT2D eigenvalue weighted by molar-refractivity contribution is 6.26. The van der Waals surface area contributed by atoms with E-state index < -0.39 is 0 Å². The van der Waals surface area contributed by atoms with Gasteiger partial charge in [-0.2, -0.15) is 0 Å². The Hall–Kier alpha value is -5.03. The molecule has 8 rings (SSSR count). The lowest BCUT2D eigenvalue weighted by molar-refractivity contribution is 0.670. The van der Waals surface area contributed by atoms with Gasteiger partial charge in [-0.15, -0.1) is 0 Å². The van der Waals surface area contributed by atoms with Crippen molar-refractivity contribution in [1.29, 1.82) is 0 Å². The third-order valence-corrected chi connectivity index (χ3v) is 6.92. The van der Waals surface area contributed by atoms with E-state index in [1.54, 1.807) is 0 Å². The summed E-state index contributed by atoms with van der Waals surface area (Å²) in [6, 6.07) is 32.9. The molecule has 0 N–H and O–H groups in total. The summed E-state index contributed by atoms with van der Waals surface area (Å²) in [5.74, 6) is 0.597. The Kier molecular flexibility index (Phi) is 3.88. The van der Waals surface area contributed by atoms with Crippen LogP contribution in [0.3, 0.4) is 0 Å². The van der Waals surface area contributed by atoms with Crippen LogP contribution in [0.5, 0.6) is 0 Å². The van der Waals surface area contributed by atoms with E-state index in [2.05, 4.69) is 53.1 Å². The molecular formula is C31H18N4O. The van der Waals surface area contributed by atoms with Crippen LogP contribution in [0, 0.1) is 0 Å². The van der Waals surface area contributed by atoms with Gasteiger partial charge in [-0.3, -0.25) is 9.55 Å². The second-order valence-electron chi connectivity index (χ2n) is 8.91. The van der Waals surface area contributed by atoms with Crippen LogP contribution in [0.15, 0.2) is 114 Å². The Balaban J connectivity index is 1.57. The van der Waals surface area contributed by atoms with E-state index in [4.69, 9.17) is 19.4 Å². The monoisotopic (exact) mass is 462 g/mol. The summed E-state index contributed by atoms with van der Waals surface area (Å²) in [7, 11) is 0. The Morgan fingerprint density at radius 2 is 1.50 bits per heavy atom. The lowest BCUT2D eigenvalue weighted by atomic mass is 10.1. The van der Waals surface area contributed by atoms with Crippen molar-refractivity contribution >= 4 is 54.6 Å². The highest BCUT2D eigenvalue weighted by atomic mass is 16.3. The lowest BCUT2D eigenvalue weighted by Crippen LogP contribution is -2.02. The van der Waals surface area contributed by atoms with Gasteiger partial charge in [-0.25, -0.2) is 9.97 Å². The van der Waals surface area contributed by atoms with Crippen LogP contribution < -0.4 is 0 Å². The molecule has 0 bridgehead atoms. The maximum Gasteiger partial charge on any atom is 0.235 e. The summed E-state index contributed by atoms with van der Waals surface area (Å²) in [4.78, 5) is 14.5. The van der Waals surface area contributed by atoms with Crippen molar-refractivity contribution in [1.82, 2.24) is 19.5 Å². The smallest absolute Gasteiger partial charge is 0.235 e. The summed E-state index contributed by atoms with van der Waals surface area (Å²) in [6.45, 7) is 0. The first-order chi connectivity index (χ1) is 17.9. The van der Waals surface area contributed by atoms with E-state index in [9.17, 15) is 0 Å². The first kappa shape index (κ1) is 19.3. The van der Waals surface area contributed by atoms with Crippen LogP contribution in [-0.2, 0) is 0 Å². The average molecular weight is 463 g/mol. The van der Waals surface area contributed by atoms with Crippen molar-refractivity contribution in [3.63, 3.8) is 0 Å². The number of para-hydroxylation sites is 1. The minimum Gasteiger partial charge on any atom is -0.454 e. The number of aromatic nitrogens is 4. The molecule has 0 aliphatic rings. The molecule has 0 saturated heterocycles. The zero-order valence-electron chi connectivity index (χ0n) is 19.1. The second kappa shape index (κ2) is 7.23. The summed E-state index contributed by atoms with van der Waals surface area (Å²) < 4.78 is 8.61. The molecule has 0 aliphatic carbocycles. The number of rotatable bonds is 2. The van der Waals surface area contributed by atoms with Crippen LogP contribution in [0.2, 0.25) is 0 Å². The Morgan fingerprint density at radius 3 is 2.44 bits per heavy atom. The van der Waals surface area contributed by atoms with Crippen LogP contribution in [0.1, 0.15) is 0 Å². The normalized spacial score (nSPS) is 11.9. The third-order valence-electron chi connectivity index (χ3n) is 6.92. The predicted molar refractivity (Wildman–Crippen MR) is 144 cm³/mol. The molecule has 0 saturated carbocycles. The van der Waals surface area contributed by atoms with Crippen molar-refractivity contribution < 1.29 is 4.42 Å². The van der Waals surface area contributed by atoms with Gasteiger partial charge >= 0.3 is 0 Å². The quantitative estimate of drug-likeness (QED) is 0.264. The molecule has 4 aromatic heterocycles. The number of hydrogen-bond donors (Lipinski definition) is 0. The number of benzene rings is 4. The largest absolute Gasteiger partial charge is 0.454 e. The highest BCUT2D eigenvalue weighted by Crippen LogP contribution is 2.41. The van der Waals surface area contributed by atoms with E-state index >= 15 is 0 Å². The van der Waals surface area contributed by atoms with Gasteiger partial charge in [0.15, 0.2) is 5.58 Å². The maximum atomic E-state index is 6.49. The molecule has 8 aromatic rings. The molecule has 5 heteroatoms. The fourth-order valence-electron chi connectivity index (χ4n) is 5.34. The van der Waals surface area contributed by atoms with Gasteiger partial charge in [0.2, 0.25) is 5.95 Å². The van der Waals surface area contributed by atoms with Crippen molar-refractivity contribution in [3.8, 4) is 17.2 Å². The SMILES string of the molecule is c1ccc(-c2ccnc(-n3c4ccc5cccnc5c4c4ccc5c6ccccc6oc5c43)n2)cc1.